The van der Waals surface area contributed by atoms with E-state index in [9.17, 15) is 4.79 Å². The Morgan fingerprint density at radius 3 is 2.75 bits per heavy atom. The second-order valence-corrected chi connectivity index (χ2v) is 3.79. The van der Waals surface area contributed by atoms with Crippen LogP contribution < -0.4 is 5.73 Å². The number of carbonyl (C=O) groups excluding carboxylic acids is 1. The van der Waals surface area contributed by atoms with Crippen LogP contribution in [0.5, 0.6) is 0 Å². The van der Waals surface area contributed by atoms with Gasteiger partial charge in [0.1, 0.15) is 0 Å². The monoisotopic (exact) mass is 224 g/mol. The Bertz CT molecular complexity index is 359. The minimum absolute atomic E-state index is 0.0431. The van der Waals surface area contributed by atoms with Crippen LogP contribution in [0.1, 0.15) is 29.4 Å². The van der Waals surface area contributed by atoms with E-state index in [1.165, 1.54) is 0 Å². The van der Waals surface area contributed by atoms with Gasteiger partial charge in [0.25, 0.3) is 5.91 Å². The highest BCUT2D eigenvalue weighted by Gasteiger charge is 2.18. The van der Waals surface area contributed by atoms with Crippen molar-refractivity contribution in [1.29, 1.82) is 0 Å². The van der Waals surface area contributed by atoms with Crippen LogP contribution in [-0.4, -0.2) is 40.2 Å². The fourth-order valence-corrected chi connectivity index (χ4v) is 1.56. The molecule has 0 spiro atoms. The second-order valence-electron chi connectivity index (χ2n) is 3.79. The normalized spacial score (nSPS) is 10.5. The van der Waals surface area contributed by atoms with Crippen molar-refractivity contribution >= 4 is 5.91 Å². The van der Waals surface area contributed by atoms with Gasteiger partial charge in [0, 0.05) is 25.8 Å². The number of aryl methyl sites for hydroxylation is 1. The van der Waals surface area contributed by atoms with Crippen LogP contribution in [0.3, 0.4) is 0 Å². The van der Waals surface area contributed by atoms with Gasteiger partial charge in [-0.25, -0.2) is 0 Å². The van der Waals surface area contributed by atoms with Gasteiger partial charge in [-0.05, 0) is 26.8 Å². The Labute approximate surface area is 96.2 Å². The fourth-order valence-electron chi connectivity index (χ4n) is 1.56. The molecule has 1 aromatic rings. The zero-order valence-corrected chi connectivity index (χ0v) is 10.2. The molecule has 0 aliphatic rings. The molecule has 0 saturated carbocycles. The molecule has 0 aliphatic heterocycles. The molecule has 0 unspecified atom stereocenters. The van der Waals surface area contributed by atoms with Crippen LogP contribution in [0.2, 0.25) is 0 Å². The highest BCUT2D eigenvalue weighted by Crippen LogP contribution is 2.09. The molecule has 0 aromatic carbocycles. The molecule has 5 nitrogen and oxygen atoms in total. The lowest BCUT2D eigenvalue weighted by molar-refractivity contribution is 0.0762. The third-order valence-electron chi connectivity index (χ3n) is 2.77. The topological polar surface area (TPSA) is 64.2 Å². The summed E-state index contributed by atoms with van der Waals surface area (Å²) >= 11 is 0. The first kappa shape index (κ1) is 12.7. The number of nitrogens with zero attached hydrogens (tertiary/aromatic N) is 3. The summed E-state index contributed by atoms with van der Waals surface area (Å²) < 4.78 is 1.71. The van der Waals surface area contributed by atoms with Gasteiger partial charge < -0.3 is 10.6 Å². The Morgan fingerprint density at radius 2 is 2.31 bits per heavy atom. The van der Waals surface area contributed by atoms with Gasteiger partial charge in [0.15, 0.2) is 0 Å². The minimum Gasteiger partial charge on any atom is -0.339 e. The van der Waals surface area contributed by atoms with E-state index in [-0.39, 0.29) is 5.91 Å². The fraction of sp³-hybridized carbons (Fsp3) is 0.636. The zero-order valence-electron chi connectivity index (χ0n) is 10.2. The Kier molecular flexibility index (Phi) is 4.49. The van der Waals surface area contributed by atoms with E-state index in [2.05, 4.69) is 5.10 Å². The molecular weight excluding hydrogens is 204 g/mol. The SMILES string of the molecule is CCN(CCCN)C(=O)c1cnn(C)c1C. The summed E-state index contributed by atoms with van der Waals surface area (Å²) in [6, 6.07) is 0. The van der Waals surface area contributed by atoms with Crippen LogP contribution in [0.4, 0.5) is 0 Å². The number of nitrogens with two attached hydrogens (primary N) is 1. The van der Waals surface area contributed by atoms with E-state index in [1.807, 2.05) is 20.9 Å². The molecule has 0 bridgehead atoms. The molecule has 16 heavy (non-hydrogen) atoms. The third kappa shape index (κ3) is 2.61. The van der Waals surface area contributed by atoms with Gasteiger partial charge in [-0.1, -0.05) is 0 Å². The van der Waals surface area contributed by atoms with Crippen molar-refractivity contribution in [3.8, 4) is 0 Å². The summed E-state index contributed by atoms with van der Waals surface area (Å²) in [6.07, 6.45) is 2.46. The predicted octanol–water partition coefficient (Wildman–Crippen LogP) is 0.539. The van der Waals surface area contributed by atoms with Crippen molar-refractivity contribution in [1.82, 2.24) is 14.7 Å². The van der Waals surface area contributed by atoms with Crippen LogP contribution >= 0.6 is 0 Å². The smallest absolute Gasteiger partial charge is 0.257 e. The molecule has 1 heterocycles. The van der Waals surface area contributed by atoms with Crippen molar-refractivity contribution in [2.75, 3.05) is 19.6 Å². The van der Waals surface area contributed by atoms with Gasteiger partial charge in [0.2, 0.25) is 0 Å². The first-order chi connectivity index (χ1) is 7.61. The van der Waals surface area contributed by atoms with Crippen molar-refractivity contribution in [3.05, 3.63) is 17.5 Å². The molecular formula is C11H20N4O. The molecule has 1 rings (SSSR count). The highest BCUT2D eigenvalue weighted by atomic mass is 16.2. The molecule has 90 valence electrons. The van der Waals surface area contributed by atoms with E-state index < -0.39 is 0 Å². The van der Waals surface area contributed by atoms with Crippen molar-refractivity contribution in [3.63, 3.8) is 0 Å². The van der Waals surface area contributed by atoms with E-state index in [4.69, 9.17) is 5.73 Å². The Hall–Kier alpha value is -1.36. The maximum Gasteiger partial charge on any atom is 0.257 e. The Morgan fingerprint density at radius 1 is 1.62 bits per heavy atom. The molecule has 1 aromatic heterocycles. The number of hydrogen-bond acceptors (Lipinski definition) is 3. The van der Waals surface area contributed by atoms with Crippen molar-refractivity contribution < 1.29 is 4.79 Å². The molecule has 0 atom stereocenters. The van der Waals surface area contributed by atoms with Gasteiger partial charge >= 0.3 is 0 Å². The van der Waals surface area contributed by atoms with Crippen LogP contribution in [0, 0.1) is 6.92 Å². The summed E-state index contributed by atoms with van der Waals surface area (Å²) in [4.78, 5) is 14.0. The first-order valence-electron chi connectivity index (χ1n) is 5.59. The molecule has 0 saturated heterocycles. The lowest BCUT2D eigenvalue weighted by Crippen LogP contribution is -2.33. The third-order valence-corrected chi connectivity index (χ3v) is 2.77. The molecule has 1 amide bonds. The van der Waals surface area contributed by atoms with Crippen LogP contribution in [0.25, 0.3) is 0 Å². The summed E-state index contributed by atoms with van der Waals surface area (Å²) in [6.45, 7) is 5.89. The molecule has 2 N–H and O–H groups in total. The average Bonchev–Trinajstić information content (AvgIpc) is 2.60. The number of rotatable bonds is 5. The Balaban J connectivity index is 2.79. The summed E-state index contributed by atoms with van der Waals surface area (Å²) in [5, 5.41) is 4.08. The van der Waals surface area contributed by atoms with Gasteiger partial charge in [-0.3, -0.25) is 9.48 Å². The van der Waals surface area contributed by atoms with Crippen LogP contribution in [-0.2, 0) is 7.05 Å². The second kappa shape index (κ2) is 5.65. The van der Waals surface area contributed by atoms with Crippen molar-refractivity contribution in [2.45, 2.75) is 20.3 Å². The lowest BCUT2D eigenvalue weighted by atomic mass is 10.2. The summed E-state index contributed by atoms with van der Waals surface area (Å²) in [7, 11) is 1.84. The number of aromatic nitrogens is 2. The van der Waals surface area contributed by atoms with Gasteiger partial charge in [-0.2, -0.15) is 5.10 Å². The maximum absolute atomic E-state index is 12.1. The molecule has 0 radical (unpaired) electrons. The van der Waals surface area contributed by atoms with E-state index in [0.29, 0.717) is 25.2 Å². The maximum atomic E-state index is 12.1. The standard InChI is InChI=1S/C11H20N4O/c1-4-15(7-5-6-12)11(16)10-8-13-14(3)9(10)2/h8H,4-7,12H2,1-3H3. The first-order valence-corrected chi connectivity index (χ1v) is 5.59. The van der Waals surface area contributed by atoms with E-state index in [0.717, 1.165) is 12.1 Å². The summed E-state index contributed by atoms with van der Waals surface area (Å²) in [5.41, 5.74) is 7.03. The number of hydrogen-bond donors (Lipinski definition) is 1. The van der Waals surface area contributed by atoms with Crippen molar-refractivity contribution in [2.24, 2.45) is 12.8 Å². The minimum atomic E-state index is 0.0431. The predicted molar refractivity (Wildman–Crippen MR) is 63.2 cm³/mol. The van der Waals surface area contributed by atoms with E-state index >= 15 is 0 Å². The lowest BCUT2D eigenvalue weighted by Gasteiger charge is -2.20. The zero-order chi connectivity index (χ0) is 12.1. The quantitative estimate of drug-likeness (QED) is 0.794. The largest absolute Gasteiger partial charge is 0.339 e. The molecule has 0 fully saturated rings. The molecule has 5 heteroatoms. The van der Waals surface area contributed by atoms with Crippen LogP contribution in [0.15, 0.2) is 6.20 Å². The van der Waals surface area contributed by atoms with Gasteiger partial charge in [-0.15, -0.1) is 0 Å². The average molecular weight is 224 g/mol. The molecule has 0 aliphatic carbocycles. The van der Waals surface area contributed by atoms with Gasteiger partial charge in [0.05, 0.1) is 11.8 Å². The number of amides is 1. The van der Waals surface area contributed by atoms with E-state index in [1.54, 1.807) is 15.8 Å². The highest BCUT2D eigenvalue weighted by molar-refractivity contribution is 5.95. The number of carbonyl (C=O) groups is 1. The summed E-state index contributed by atoms with van der Waals surface area (Å²) in [5.74, 6) is 0.0431.